The summed E-state index contributed by atoms with van der Waals surface area (Å²) in [7, 11) is 1.12. The predicted molar refractivity (Wildman–Crippen MR) is 63.1 cm³/mol. The quantitative estimate of drug-likeness (QED) is 0.459. The van der Waals surface area contributed by atoms with E-state index in [0.29, 0.717) is 16.7 Å². The van der Waals surface area contributed by atoms with Gasteiger partial charge in [0.2, 0.25) is 0 Å². The van der Waals surface area contributed by atoms with Crippen molar-refractivity contribution < 1.29 is 18.7 Å². The maximum Gasteiger partial charge on any atom is 0.396 e. The average Bonchev–Trinajstić information content (AvgIpc) is 2.38. The molecule has 1 aromatic heterocycles. The number of benzene rings is 1. The molecule has 0 saturated heterocycles. The van der Waals surface area contributed by atoms with E-state index in [-0.39, 0.29) is 0 Å². The molecule has 0 aliphatic heterocycles. The number of carbonyl (C=O) groups is 2. The number of nitrogens with one attached hydrogen (secondary N) is 1. The first kappa shape index (κ1) is 11.8. The molecule has 0 unspecified atom stereocenters. The van der Waals surface area contributed by atoms with E-state index < -0.39 is 17.5 Å². The van der Waals surface area contributed by atoms with E-state index in [1.165, 1.54) is 18.2 Å². The molecule has 1 heterocycles. The van der Waals surface area contributed by atoms with Crippen LogP contribution in [0.5, 0.6) is 0 Å². The molecule has 6 heteroatoms. The Balaban J connectivity index is 2.31. The Labute approximate surface area is 101 Å². The topological polar surface area (TPSA) is 85.6 Å². The Bertz CT molecular complexity index is 673. The third-order valence-electron chi connectivity index (χ3n) is 2.25. The first-order valence-corrected chi connectivity index (χ1v) is 5.03. The van der Waals surface area contributed by atoms with E-state index in [9.17, 15) is 14.4 Å². The molecule has 0 spiro atoms. The summed E-state index contributed by atoms with van der Waals surface area (Å²) in [4.78, 5) is 33.2. The lowest BCUT2D eigenvalue weighted by Gasteiger charge is -2.04. The number of amides is 1. The monoisotopic (exact) mass is 247 g/mol. The van der Waals surface area contributed by atoms with Crippen LogP contribution in [0.1, 0.15) is 0 Å². The molecule has 0 fully saturated rings. The number of esters is 1. The number of ether oxygens (including phenoxy) is 1. The molecule has 1 amide bonds. The van der Waals surface area contributed by atoms with E-state index >= 15 is 0 Å². The molecule has 0 saturated carbocycles. The molecule has 0 atom stereocenters. The highest BCUT2D eigenvalue weighted by Crippen LogP contribution is 2.17. The average molecular weight is 247 g/mol. The summed E-state index contributed by atoms with van der Waals surface area (Å²) < 4.78 is 9.21. The Hall–Kier alpha value is -2.63. The molecule has 1 N–H and O–H groups in total. The van der Waals surface area contributed by atoms with Gasteiger partial charge in [0, 0.05) is 17.1 Å². The number of rotatable bonds is 1. The fourth-order valence-electron chi connectivity index (χ4n) is 1.42. The smallest absolute Gasteiger partial charge is 0.396 e. The van der Waals surface area contributed by atoms with E-state index in [2.05, 4.69) is 10.1 Å². The van der Waals surface area contributed by atoms with Crippen LogP contribution in [-0.2, 0) is 14.3 Å². The highest BCUT2D eigenvalue weighted by molar-refractivity contribution is 6.37. The van der Waals surface area contributed by atoms with E-state index in [1.54, 1.807) is 12.1 Å². The van der Waals surface area contributed by atoms with Crippen LogP contribution < -0.4 is 10.9 Å². The molecule has 1 aromatic carbocycles. The number of carbonyl (C=O) groups excluding carboxylic acids is 2. The molecular weight excluding hydrogens is 238 g/mol. The van der Waals surface area contributed by atoms with Gasteiger partial charge in [0.15, 0.2) is 0 Å². The van der Waals surface area contributed by atoms with Gasteiger partial charge in [-0.3, -0.25) is 4.79 Å². The third-order valence-corrected chi connectivity index (χ3v) is 2.25. The molecule has 6 nitrogen and oxygen atoms in total. The molecule has 2 rings (SSSR count). The normalized spacial score (nSPS) is 10.1. The van der Waals surface area contributed by atoms with Gasteiger partial charge in [-0.05, 0) is 24.3 Å². The second kappa shape index (κ2) is 4.70. The van der Waals surface area contributed by atoms with Gasteiger partial charge in [-0.1, -0.05) is 0 Å². The molecule has 92 valence electrons. The second-order valence-electron chi connectivity index (χ2n) is 3.45. The van der Waals surface area contributed by atoms with Gasteiger partial charge in [0.05, 0.1) is 7.11 Å². The Morgan fingerprint density at radius 3 is 2.72 bits per heavy atom. The largest absolute Gasteiger partial charge is 0.462 e. The fourth-order valence-corrected chi connectivity index (χ4v) is 1.42. The van der Waals surface area contributed by atoms with Crippen molar-refractivity contribution in [1.29, 1.82) is 0 Å². The summed E-state index contributed by atoms with van der Waals surface area (Å²) in [6, 6.07) is 7.47. The van der Waals surface area contributed by atoms with Crippen LogP contribution in [0.4, 0.5) is 5.69 Å². The van der Waals surface area contributed by atoms with Crippen molar-refractivity contribution in [2.24, 2.45) is 0 Å². The molecule has 0 aliphatic carbocycles. The Morgan fingerprint density at radius 1 is 1.22 bits per heavy atom. The van der Waals surface area contributed by atoms with Crippen LogP contribution in [0.25, 0.3) is 11.0 Å². The van der Waals surface area contributed by atoms with Crippen molar-refractivity contribution in [3.63, 3.8) is 0 Å². The van der Waals surface area contributed by atoms with Crippen molar-refractivity contribution in [3.8, 4) is 0 Å². The van der Waals surface area contributed by atoms with Crippen molar-refractivity contribution in [2.45, 2.75) is 0 Å². The maximum absolute atomic E-state index is 11.3. The van der Waals surface area contributed by atoms with Gasteiger partial charge < -0.3 is 14.5 Å². The lowest BCUT2D eigenvalue weighted by molar-refractivity contribution is -0.150. The van der Waals surface area contributed by atoms with Gasteiger partial charge in [-0.25, -0.2) is 9.59 Å². The summed E-state index contributed by atoms with van der Waals surface area (Å²) in [5.41, 5.74) is 0.360. The summed E-state index contributed by atoms with van der Waals surface area (Å²) in [5.74, 6) is -1.84. The maximum atomic E-state index is 11.3. The fraction of sp³-hybridized carbons (Fsp3) is 0.0833. The van der Waals surface area contributed by atoms with E-state index in [0.717, 1.165) is 7.11 Å². The van der Waals surface area contributed by atoms with Crippen LogP contribution in [0.3, 0.4) is 0 Å². The molecule has 0 aliphatic rings. The van der Waals surface area contributed by atoms with Crippen LogP contribution >= 0.6 is 0 Å². The first-order valence-electron chi connectivity index (χ1n) is 5.03. The number of hydrogen-bond acceptors (Lipinski definition) is 5. The minimum atomic E-state index is -0.977. The summed E-state index contributed by atoms with van der Waals surface area (Å²) in [5, 5.41) is 3.00. The lowest BCUT2D eigenvalue weighted by atomic mass is 10.2. The van der Waals surface area contributed by atoms with Crippen LogP contribution in [0, 0.1) is 0 Å². The molecule has 2 aromatic rings. The number of anilines is 1. The van der Waals surface area contributed by atoms with Crippen LogP contribution in [0.2, 0.25) is 0 Å². The number of hydrogen-bond donors (Lipinski definition) is 1. The third kappa shape index (κ3) is 2.37. The Kier molecular flexibility index (Phi) is 3.09. The minimum Gasteiger partial charge on any atom is -0.462 e. The van der Waals surface area contributed by atoms with Gasteiger partial charge in [-0.15, -0.1) is 0 Å². The highest BCUT2D eigenvalue weighted by atomic mass is 16.5. The lowest BCUT2D eigenvalue weighted by Crippen LogP contribution is -2.23. The van der Waals surface area contributed by atoms with Crippen molar-refractivity contribution in [1.82, 2.24) is 0 Å². The number of fused-ring (bicyclic) bond motifs is 1. The van der Waals surface area contributed by atoms with E-state index in [4.69, 9.17) is 4.42 Å². The molecule has 0 bridgehead atoms. The van der Waals surface area contributed by atoms with Gasteiger partial charge in [0.25, 0.3) is 0 Å². The van der Waals surface area contributed by atoms with Crippen molar-refractivity contribution >= 4 is 28.5 Å². The second-order valence-corrected chi connectivity index (χ2v) is 3.45. The summed E-state index contributed by atoms with van der Waals surface area (Å²) in [6.07, 6.45) is 0. The zero-order chi connectivity index (χ0) is 13.1. The first-order chi connectivity index (χ1) is 8.60. The van der Waals surface area contributed by atoms with Crippen LogP contribution in [-0.4, -0.2) is 19.0 Å². The minimum absolute atomic E-state index is 0.401. The van der Waals surface area contributed by atoms with Gasteiger partial charge >= 0.3 is 17.5 Å². The summed E-state index contributed by atoms with van der Waals surface area (Å²) in [6.45, 7) is 0. The molecule has 18 heavy (non-hydrogen) atoms. The summed E-state index contributed by atoms with van der Waals surface area (Å²) >= 11 is 0. The van der Waals surface area contributed by atoms with Gasteiger partial charge in [0.1, 0.15) is 5.58 Å². The Morgan fingerprint density at radius 2 is 2.00 bits per heavy atom. The van der Waals surface area contributed by atoms with Crippen molar-refractivity contribution in [3.05, 3.63) is 40.8 Å². The highest BCUT2D eigenvalue weighted by Gasteiger charge is 2.13. The SMILES string of the molecule is COC(=O)C(=O)Nc1ccc2oc(=O)ccc2c1. The standard InChI is InChI=1S/C12H9NO5/c1-17-12(16)11(15)13-8-3-4-9-7(6-8)2-5-10(14)18-9/h2-6H,1H3,(H,13,15). The zero-order valence-electron chi connectivity index (χ0n) is 9.43. The molecule has 0 radical (unpaired) electrons. The predicted octanol–water partition coefficient (Wildman–Crippen LogP) is 0.904. The zero-order valence-corrected chi connectivity index (χ0v) is 9.43. The van der Waals surface area contributed by atoms with Crippen LogP contribution in [0.15, 0.2) is 39.5 Å². The number of methoxy groups -OCH3 is 1. The van der Waals surface area contributed by atoms with Crippen molar-refractivity contribution in [2.75, 3.05) is 12.4 Å². The van der Waals surface area contributed by atoms with Gasteiger partial charge in [-0.2, -0.15) is 0 Å². The van der Waals surface area contributed by atoms with E-state index in [1.807, 2.05) is 0 Å². The molecular formula is C12H9NO5.